The van der Waals surface area contributed by atoms with Gasteiger partial charge in [0, 0.05) is 28.5 Å². The van der Waals surface area contributed by atoms with Crippen LogP contribution in [-0.4, -0.2) is 28.4 Å². The Morgan fingerprint density at radius 2 is 1.86 bits per heavy atom. The fourth-order valence-corrected chi connectivity index (χ4v) is 3.77. The molecule has 1 amide bonds. The van der Waals surface area contributed by atoms with Crippen LogP contribution in [0.1, 0.15) is 16.1 Å². The fraction of sp³-hybridized carbons (Fsp3) is 0.0952. The zero-order valence-corrected chi connectivity index (χ0v) is 16.2. The second-order valence-electron chi connectivity index (χ2n) is 6.31. The molecule has 0 aliphatic heterocycles. The minimum absolute atomic E-state index is 0.165. The number of nitrogens with one attached hydrogen (secondary N) is 1. The van der Waals surface area contributed by atoms with Gasteiger partial charge in [0.1, 0.15) is 5.82 Å². The van der Waals surface area contributed by atoms with E-state index in [-0.39, 0.29) is 18.1 Å². The molecule has 146 valence electrons. The van der Waals surface area contributed by atoms with E-state index in [0.29, 0.717) is 11.3 Å². The smallest absolute Gasteiger partial charge is 0.337 e. The third-order valence-electron chi connectivity index (χ3n) is 4.35. The van der Waals surface area contributed by atoms with E-state index < -0.39 is 5.97 Å². The number of esters is 1. The molecule has 0 unspecified atom stereocenters. The van der Waals surface area contributed by atoms with Crippen molar-refractivity contribution in [1.82, 2.24) is 9.38 Å². The minimum atomic E-state index is -0.430. The summed E-state index contributed by atoms with van der Waals surface area (Å²) >= 11 is 1.43. The number of hydrogen-bond acceptors (Lipinski definition) is 5. The number of imidazole rings is 1. The highest BCUT2D eigenvalue weighted by molar-refractivity contribution is 7.15. The molecule has 2 heterocycles. The minimum Gasteiger partial charge on any atom is -0.465 e. The monoisotopic (exact) mass is 409 g/mol. The normalized spacial score (nSPS) is 10.8. The summed E-state index contributed by atoms with van der Waals surface area (Å²) in [5, 5.41) is 4.70. The number of fused-ring (bicyclic) bond motifs is 1. The van der Waals surface area contributed by atoms with Crippen LogP contribution in [0.25, 0.3) is 16.2 Å². The third kappa shape index (κ3) is 4.02. The molecule has 2 aromatic carbocycles. The summed E-state index contributed by atoms with van der Waals surface area (Å²) < 4.78 is 19.6. The highest BCUT2D eigenvalue weighted by atomic mass is 32.1. The predicted octanol–water partition coefficient (Wildman–Crippen LogP) is 4.17. The molecule has 0 aliphatic rings. The number of hydrogen-bond donors (Lipinski definition) is 1. The van der Waals surface area contributed by atoms with Crippen LogP contribution >= 0.6 is 11.3 Å². The van der Waals surface area contributed by atoms with Gasteiger partial charge in [-0.05, 0) is 48.5 Å². The van der Waals surface area contributed by atoms with E-state index in [9.17, 15) is 14.0 Å². The van der Waals surface area contributed by atoms with Crippen molar-refractivity contribution in [3.8, 4) is 11.3 Å². The van der Waals surface area contributed by atoms with Crippen molar-refractivity contribution in [2.45, 2.75) is 6.42 Å². The summed E-state index contributed by atoms with van der Waals surface area (Å²) in [7, 11) is 1.32. The molecular weight excluding hydrogens is 393 g/mol. The van der Waals surface area contributed by atoms with Crippen molar-refractivity contribution in [1.29, 1.82) is 0 Å². The van der Waals surface area contributed by atoms with E-state index >= 15 is 0 Å². The van der Waals surface area contributed by atoms with Gasteiger partial charge >= 0.3 is 5.97 Å². The molecule has 0 bridgehead atoms. The second-order valence-corrected chi connectivity index (χ2v) is 7.14. The maximum atomic E-state index is 13.1. The lowest BCUT2D eigenvalue weighted by Gasteiger charge is -2.06. The number of rotatable bonds is 5. The number of carbonyl (C=O) groups excluding carboxylic acids is 2. The summed E-state index contributed by atoms with van der Waals surface area (Å²) in [5.74, 6) is -0.917. The first kappa shape index (κ1) is 18.8. The summed E-state index contributed by atoms with van der Waals surface area (Å²) in [5.41, 5.74) is 3.33. The maximum Gasteiger partial charge on any atom is 0.337 e. The lowest BCUT2D eigenvalue weighted by Crippen LogP contribution is -2.15. The quantitative estimate of drug-likeness (QED) is 0.502. The van der Waals surface area contributed by atoms with Gasteiger partial charge in [-0.1, -0.05) is 0 Å². The zero-order valence-electron chi connectivity index (χ0n) is 15.4. The van der Waals surface area contributed by atoms with E-state index in [0.717, 1.165) is 21.9 Å². The molecule has 4 aromatic rings. The first-order valence-corrected chi connectivity index (χ1v) is 9.61. The molecule has 2 aromatic heterocycles. The standard InChI is InChI=1S/C21H16FN3O3S/c1-28-20(27)14-4-8-16(9-5-14)23-19(26)10-17-12-29-21-24-18(11-25(17)21)13-2-6-15(22)7-3-13/h2-9,11-12H,10H2,1H3,(H,23,26). The van der Waals surface area contributed by atoms with E-state index in [1.165, 1.54) is 30.6 Å². The van der Waals surface area contributed by atoms with Gasteiger partial charge in [-0.25, -0.2) is 14.2 Å². The van der Waals surface area contributed by atoms with Crippen LogP contribution in [0.4, 0.5) is 10.1 Å². The fourth-order valence-electron chi connectivity index (χ4n) is 2.89. The van der Waals surface area contributed by atoms with Gasteiger partial charge in [-0.2, -0.15) is 0 Å². The van der Waals surface area contributed by atoms with Crippen LogP contribution in [-0.2, 0) is 16.0 Å². The number of carbonyl (C=O) groups is 2. The number of halogens is 1. The Bertz CT molecular complexity index is 1180. The molecule has 0 saturated carbocycles. The second kappa shape index (κ2) is 7.84. The molecule has 1 N–H and O–H groups in total. The molecule has 0 radical (unpaired) electrons. The van der Waals surface area contributed by atoms with Gasteiger partial charge in [0.15, 0.2) is 4.96 Å². The average Bonchev–Trinajstić information content (AvgIpc) is 3.30. The zero-order chi connectivity index (χ0) is 20.4. The van der Waals surface area contributed by atoms with Crippen LogP contribution in [0.5, 0.6) is 0 Å². The Balaban J connectivity index is 1.48. The van der Waals surface area contributed by atoms with Crippen molar-refractivity contribution < 1.29 is 18.7 Å². The van der Waals surface area contributed by atoms with Crippen molar-refractivity contribution in [2.24, 2.45) is 0 Å². The third-order valence-corrected chi connectivity index (χ3v) is 5.24. The van der Waals surface area contributed by atoms with Gasteiger partial charge in [-0.3, -0.25) is 9.20 Å². The Labute approximate surface area is 169 Å². The van der Waals surface area contributed by atoms with Gasteiger partial charge in [-0.15, -0.1) is 11.3 Å². The van der Waals surface area contributed by atoms with Crippen molar-refractivity contribution in [3.05, 3.63) is 77.2 Å². The Hall–Kier alpha value is -3.52. The molecule has 0 fully saturated rings. The van der Waals surface area contributed by atoms with Crippen LogP contribution in [0.2, 0.25) is 0 Å². The van der Waals surface area contributed by atoms with E-state index in [1.807, 2.05) is 16.0 Å². The largest absolute Gasteiger partial charge is 0.465 e. The molecule has 0 aliphatic carbocycles. The Morgan fingerprint density at radius 3 is 2.55 bits per heavy atom. The predicted molar refractivity (Wildman–Crippen MR) is 109 cm³/mol. The van der Waals surface area contributed by atoms with Crippen molar-refractivity contribution in [3.63, 3.8) is 0 Å². The Kier molecular flexibility index (Phi) is 5.09. The summed E-state index contributed by atoms with van der Waals surface area (Å²) in [6, 6.07) is 12.6. The molecule has 0 atom stereocenters. The number of anilines is 1. The Morgan fingerprint density at radius 1 is 1.14 bits per heavy atom. The maximum absolute atomic E-state index is 13.1. The lowest BCUT2D eigenvalue weighted by atomic mass is 10.2. The van der Waals surface area contributed by atoms with E-state index in [1.54, 1.807) is 36.4 Å². The number of ether oxygens (including phenoxy) is 1. The highest BCUT2D eigenvalue weighted by Gasteiger charge is 2.13. The number of methoxy groups -OCH3 is 1. The molecule has 8 heteroatoms. The number of aromatic nitrogens is 2. The molecule has 29 heavy (non-hydrogen) atoms. The topological polar surface area (TPSA) is 72.7 Å². The van der Waals surface area contributed by atoms with Crippen molar-refractivity contribution in [2.75, 3.05) is 12.4 Å². The van der Waals surface area contributed by atoms with E-state index in [2.05, 4.69) is 15.0 Å². The van der Waals surface area contributed by atoms with Crippen LogP contribution in [0.3, 0.4) is 0 Å². The molecule has 4 rings (SSSR count). The number of amides is 1. The molecule has 0 spiro atoms. The molecule has 0 saturated heterocycles. The summed E-state index contributed by atoms with van der Waals surface area (Å²) in [6.45, 7) is 0. The van der Waals surface area contributed by atoms with E-state index in [4.69, 9.17) is 0 Å². The van der Waals surface area contributed by atoms with Crippen molar-refractivity contribution >= 4 is 33.9 Å². The summed E-state index contributed by atoms with van der Waals surface area (Å²) in [4.78, 5) is 29.2. The number of benzene rings is 2. The van der Waals surface area contributed by atoms with Gasteiger partial charge in [0.05, 0.1) is 24.8 Å². The van der Waals surface area contributed by atoms with Gasteiger partial charge in [0.2, 0.25) is 5.91 Å². The molecular formula is C21H16FN3O3S. The van der Waals surface area contributed by atoms with Crippen LogP contribution in [0.15, 0.2) is 60.1 Å². The first-order valence-electron chi connectivity index (χ1n) is 8.73. The summed E-state index contributed by atoms with van der Waals surface area (Å²) in [6.07, 6.45) is 2.00. The van der Waals surface area contributed by atoms with Gasteiger partial charge in [0.25, 0.3) is 0 Å². The highest BCUT2D eigenvalue weighted by Crippen LogP contribution is 2.24. The number of thiazole rings is 1. The number of nitrogens with zero attached hydrogens (tertiary/aromatic N) is 2. The van der Waals surface area contributed by atoms with Gasteiger partial charge < -0.3 is 10.1 Å². The first-order chi connectivity index (χ1) is 14.0. The van der Waals surface area contributed by atoms with Crippen LogP contribution in [0, 0.1) is 5.82 Å². The average molecular weight is 409 g/mol. The molecule has 6 nitrogen and oxygen atoms in total. The van der Waals surface area contributed by atoms with Crippen LogP contribution < -0.4 is 5.32 Å². The SMILES string of the molecule is COC(=O)c1ccc(NC(=O)Cc2csc3nc(-c4ccc(F)cc4)cn23)cc1. The lowest BCUT2D eigenvalue weighted by molar-refractivity contribution is -0.115.